The maximum atomic E-state index is 13.2. The van der Waals surface area contributed by atoms with E-state index in [2.05, 4.69) is 35.8 Å². The van der Waals surface area contributed by atoms with E-state index in [0.29, 0.717) is 16.1 Å². The molecule has 0 aliphatic heterocycles. The Hall–Kier alpha value is -3.93. The van der Waals surface area contributed by atoms with Crippen molar-refractivity contribution in [2.75, 3.05) is 5.73 Å². The number of anilines is 1. The Morgan fingerprint density at radius 3 is 2.93 bits per heavy atom. The van der Waals surface area contributed by atoms with Gasteiger partial charge in [0, 0.05) is 0 Å². The molecule has 0 spiro atoms. The number of nitrogens with two attached hydrogens (primary N) is 1. The number of nitrogen functional groups attached to an aromatic ring is 1. The normalized spacial score (nSPS) is 11.2. The summed E-state index contributed by atoms with van der Waals surface area (Å²) in [4.78, 5) is 13.3. The number of amides is 1. The van der Waals surface area contributed by atoms with E-state index in [9.17, 15) is 9.18 Å². The molecule has 4 aromatic rings. The van der Waals surface area contributed by atoms with E-state index < -0.39 is 11.7 Å². The highest BCUT2D eigenvalue weighted by Gasteiger charge is 2.25. The molecule has 0 aliphatic rings. The summed E-state index contributed by atoms with van der Waals surface area (Å²) in [6, 6.07) is 9.37. The van der Waals surface area contributed by atoms with Crippen LogP contribution in [0.25, 0.3) is 16.4 Å². The van der Waals surface area contributed by atoms with Crippen LogP contribution in [0.15, 0.2) is 51.5 Å². The van der Waals surface area contributed by atoms with Crippen LogP contribution >= 0.6 is 11.3 Å². The highest BCUT2D eigenvalue weighted by molar-refractivity contribution is 7.13. The zero-order chi connectivity index (χ0) is 19.5. The van der Waals surface area contributed by atoms with E-state index in [0.717, 1.165) is 0 Å². The summed E-state index contributed by atoms with van der Waals surface area (Å²) >= 11 is 1.37. The molecule has 10 nitrogen and oxygen atoms in total. The minimum absolute atomic E-state index is 0.00112. The molecule has 3 aromatic heterocycles. The number of nitrogens with zero attached hydrogens (tertiary/aromatic N) is 6. The molecular weight excluding hydrogens is 387 g/mol. The molecule has 140 valence electrons. The number of hydrogen-bond donors (Lipinski definition) is 2. The number of carbonyl (C=O) groups excluding carboxylic acids is 1. The standard InChI is InChI=1S/C16H11FN8O2S/c17-10-4-1-3-9(7-10)8-19-21-16(26)12-13(11-5-2-6-28-11)25(24-20-12)15-14(18)22-27-23-15/h1-8H,(H2,18,22)(H,21,26). The highest BCUT2D eigenvalue weighted by atomic mass is 32.1. The topological polar surface area (TPSA) is 137 Å². The lowest BCUT2D eigenvalue weighted by atomic mass is 10.2. The van der Waals surface area contributed by atoms with Gasteiger partial charge in [-0.25, -0.2) is 14.4 Å². The molecule has 0 aliphatic carbocycles. The van der Waals surface area contributed by atoms with Gasteiger partial charge in [0.15, 0.2) is 5.69 Å². The van der Waals surface area contributed by atoms with E-state index in [-0.39, 0.29) is 17.3 Å². The van der Waals surface area contributed by atoms with Crippen LogP contribution in [0.4, 0.5) is 10.2 Å². The molecule has 1 aromatic carbocycles. The molecular formula is C16H11FN8O2S. The number of benzene rings is 1. The minimum atomic E-state index is -0.614. The number of halogens is 1. The summed E-state index contributed by atoms with van der Waals surface area (Å²) in [5.74, 6) is -0.911. The SMILES string of the molecule is Nc1nonc1-n1nnc(C(=O)NN=Cc2cccc(F)c2)c1-c1cccs1. The van der Waals surface area contributed by atoms with Crippen molar-refractivity contribution in [2.45, 2.75) is 0 Å². The van der Waals surface area contributed by atoms with Crippen molar-refractivity contribution >= 4 is 29.3 Å². The molecule has 0 bridgehead atoms. The number of carbonyl (C=O) groups is 1. The number of hydrazone groups is 1. The first kappa shape index (κ1) is 17.5. The fourth-order valence-electron chi connectivity index (χ4n) is 2.36. The molecule has 1 amide bonds. The van der Waals surface area contributed by atoms with Crippen molar-refractivity contribution in [1.29, 1.82) is 0 Å². The minimum Gasteiger partial charge on any atom is -0.378 e. The summed E-state index contributed by atoms with van der Waals surface area (Å²) in [5.41, 5.74) is 8.93. The number of aromatic nitrogens is 5. The van der Waals surface area contributed by atoms with Crippen LogP contribution in [-0.4, -0.2) is 37.4 Å². The van der Waals surface area contributed by atoms with Crippen LogP contribution in [0, 0.1) is 5.82 Å². The van der Waals surface area contributed by atoms with E-state index in [1.54, 1.807) is 12.1 Å². The fourth-order valence-corrected chi connectivity index (χ4v) is 3.12. The summed E-state index contributed by atoms with van der Waals surface area (Å²) in [6.45, 7) is 0. The van der Waals surface area contributed by atoms with Crippen molar-refractivity contribution in [3.8, 4) is 16.4 Å². The first-order valence-corrected chi connectivity index (χ1v) is 8.68. The lowest BCUT2D eigenvalue weighted by molar-refractivity contribution is 0.0951. The van der Waals surface area contributed by atoms with Crippen LogP contribution < -0.4 is 11.2 Å². The predicted molar refractivity (Wildman–Crippen MR) is 98.4 cm³/mol. The molecule has 0 saturated heterocycles. The van der Waals surface area contributed by atoms with Gasteiger partial charge < -0.3 is 5.73 Å². The zero-order valence-electron chi connectivity index (χ0n) is 14.0. The molecule has 3 N–H and O–H groups in total. The third-order valence-corrected chi connectivity index (χ3v) is 4.44. The van der Waals surface area contributed by atoms with Crippen molar-refractivity contribution in [2.24, 2.45) is 5.10 Å². The zero-order valence-corrected chi connectivity index (χ0v) is 14.8. The second kappa shape index (κ2) is 7.36. The summed E-state index contributed by atoms with van der Waals surface area (Å²) in [5, 5.41) is 20.7. The molecule has 0 radical (unpaired) electrons. The molecule has 28 heavy (non-hydrogen) atoms. The number of nitrogens with one attached hydrogen (secondary N) is 1. The van der Waals surface area contributed by atoms with E-state index in [1.807, 2.05) is 11.4 Å². The van der Waals surface area contributed by atoms with Crippen LogP contribution in [-0.2, 0) is 0 Å². The van der Waals surface area contributed by atoms with Crippen LogP contribution in [0.2, 0.25) is 0 Å². The van der Waals surface area contributed by atoms with Gasteiger partial charge in [0.05, 0.1) is 11.1 Å². The van der Waals surface area contributed by atoms with Crippen molar-refractivity contribution in [3.05, 3.63) is 58.9 Å². The Labute approximate surface area is 160 Å². The van der Waals surface area contributed by atoms with Gasteiger partial charge in [-0.15, -0.1) is 16.4 Å². The second-order valence-electron chi connectivity index (χ2n) is 5.40. The van der Waals surface area contributed by atoms with Gasteiger partial charge in [-0.2, -0.15) is 9.78 Å². The molecule has 0 fully saturated rings. The van der Waals surface area contributed by atoms with E-state index in [4.69, 9.17) is 5.73 Å². The van der Waals surface area contributed by atoms with Gasteiger partial charge in [0.2, 0.25) is 11.6 Å². The first-order valence-electron chi connectivity index (χ1n) is 7.80. The molecule has 0 atom stereocenters. The Balaban J connectivity index is 1.65. The van der Waals surface area contributed by atoms with Crippen LogP contribution in [0.5, 0.6) is 0 Å². The Kier molecular flexibility index (Phi) is 4.60. The Bertz CT molecular complexity index is 1150. The maximum Gasteiger partial charge on any atom is 0.294 e. The van der Waals surface area contributed by atoms with Gasteiger partial charge in [-0.05, 0) is 39.5 Å². The molecule has 0 unspecified atom stereocenters. The average Bonchev–Trinajstić information content (AvgIpc) is 3.41. The van der Waals surface area contributed by atoms with Gasteiger partial charge >= 0.3 is 0 Å². The van der Waals surface area contributed by atoms with Crippen molar-refractivity contribution in [1.82, 2.24) is 30.7 Å². The number of rotatable bonds is 5. The van der Waals surface area contributed by atoms with E-state index in [1.165, 1.54) is 40.4 Å². The smallest absolute Gasteiger partial charge is 0.294 e. The molecule has 3 heterocycles. The number of thiophene rings is 1. The van der Waals surface area contributed by atoms with Gasteiger partial charge in [-0.1, -0.05) is 23.4 Å². The molecule has 4 rings (SSSR count). The van der Waals surface area contributed by atoms with E-state index >= 15 is 0 Å². The largest absolute Gasteiger partial charge is 0.378 e. The monoisotopic (exact) mass is 398 g/mol. The van der Waals surface area contributed by atoms with Crippen molar-refractivity contribution in [3.63, 3.8) is 0 Å². The van der Waals surface area contributed by atoms with Gasteiger partial charge in [-0.3, -0.25) is 4.79 Å². The lowest BCUT2D eigenvalue weighted by Crippen LogP contribution is -2.19. The average molecular weight is 398 g/mol. The van der Waals surface area contributed by atoms with Gasteiger partial charge in [0.25, 0.3) is 5.91 Å². The second-order valence-corrected chi connectivity index (χ2v) is 6.35. The number of hydrogen-bond acceptors (Lipinski definition) is 9. The summed E-state index contributed by atoms with van der Waals surface area (Å²) < 4.78 is 19.1. The molecule has 0 saturated carbocycles. The Morgan fingerprint density at radius 2 is 2.21 bits per heavy atom. The lowest BCUT2D eigenvalue weighted by Gasteiger charge is -2.03. The van der Waals surface area contributed by atoms with Crippen molar-refractivity contribution < 1.29 is 13.8 Å². The Morgan fingerprint density at radius 1 is 1.32 bits per heavy atom. The maximum absolute atomic E-state index is 13.2. The first-order chi connectivity index (χ1) is 13.6. The van der Waals surface area contributed by atoms with Gasteiger partial charge in [0.1, 0.15) is 11.5 Å². The van der Waals surface area contributed by atoms with Crippen LogP contribution in [0.1, 0.15) is 16.1 Å². The molecule has 12 heteroatoms. The summed E-state index contributed by atoms with van der Waals surface area (Å²) in [6.07, 6.45) is 1.32. The summed E-state index contributed by atoms with van der Waals surface area (Å²) in [7, 11) is 0. The third-order valence-electron chi connectivity index (χ3n) is 3.56. The highest BCUT2D eigenvalue weighted by Crippen LogP contribution is 2.29. The van der Waals surface area contributed by atoms with Crippen LogP contribution in [0.3, 0.4) is 0 Å². The third kappa shape index (κ3) is 3.35. The fraction of sp³-hybridized carbons (Fsp3) is 0. The quantitative estimate of drug-likeness (QED) is 0.387. The predicted octanol–water partition coefficient (Wildman–Crippen LogP) is 1.86.